The van der Waals surface area contributed by atoms with E-state index in [2.05, 4.69) is 19.1 Å². The van der Waals surface area contributed by atoms with Crippen LogP contribution in [0.15, 0.2) is 24.3 Å². The zero-order valence-corrected chi connectivity index (χ0v) is 19.7. The lowest BCUT2D eigenvalue weighted by Crippen LogP contribution is -2.15. The summed E-state index contributed by atoms with van der Waals surface area (Å²) in [6.07, 6.45) is 10.4. The minimum atomic E-state index is -3.96. The molecule has 1 rings (SSSR count). The smallest absolute Gasteiger partial charge is 0.267 e. The second-order valence-electron chi connectivity index (χ2n) is 7.49. The summed E-state index contributed by atoms with van der Waals surface area (Å²) in [6, 6.07) is 8.31. The predicted octanol–water partition coefficient (Wildman–Crippen LogP) is 4.30. The Hall–Kier alpha value is -1.19. The first-order valence-electron chi connectivity index (χ1n) is 11.4. The van der Waals surface area contributed by atoms with E-state index >= 15 is 0 Å². The molecule has 7 nitrogen and oxygen atoms in total. The molecule has 1 aromatic rings. The predicted molar refractivity (Wildman–Crippen MR) is 123 cm³/mol. The molecular formula is C23H40O7S. The maximum Gasteiger partial charge on any atom is 0.267 e. The third-order valence-corrected chi connectivity index (χ3v) is 5.40. The molecule has 0 saturated carbocycles. The molecule has 180 valence electrons. The summed E-state index contributed by atoms with van der Waals surface area (Å²) < 4.78 is 51.0. The quantitative estimate of drug-likeness (QED) is 0.216. The molecule has 0 spiro atoms. The van der Waals surface area contributed by atoms with Crippen LogP contribution < -0.4 is 4.74 Å². The summed E-state index contributed by atoms with van der Waals surface area (Å²) in [5.41, 5.74) is 1.36. The first-order chi connectivity index (χ1) is 15.0. The van der Waals surface area contributed by atoms with Crippen LogP contribution in [0.25, 0.3) is 0 Å². The van der Waals surface area contributed by atoms with Gasteiger partial charge in [0.15, 0.2) is 0 Å². The molecule has 31 heavy (non-hydrogen) atoms. The van der Waals surface area contributed by atoms with Crippen LogP contribution in [-0.4, -0.2) is 65.0 Å². The molecule has 0 unspecified atom stereocenters. The Labute approximate surface area is 188 Å². The molecule has 8 heteroatoms. The van der Waals surface area contributed by atoms with E-state index < -0.39 is 15.9 Å². The van der Waals surface area contributed by atoms with Crippen molar-refractivity contribution in [3.05, 3.63) is 29.8 Å². The Bertz CT molecular complexity index is 632. The molecule has 0 radical (unpaired) electrons. The molecule has 0 fully saturated rings. The highest BCUT2D eigenvalue weighted by Crippen LogP contribution is 2.15. The van der Waals surface area contributed by atoms with Crippen molar-refractivity contribution >= 4 is 10.1 Å². The third kappa shape index (κ3) is 18.1. The van der Waals surface area contributed by atoms with Crippen LogP contribution in [0.2, 0.25) is 0 Å². The summed E-state index contributed by atoms with van der Waals surface area (Å²) in [4.78, 5) is 0. The minimum absolute atomic E-state index is 0.0455. The van der Waals surface area contributed by atoms with Gasteiger partial charge in [0.05, 0.1) is 45.4 Å². The Morgan fingerprint density at radius 3 is 1.81 bits per heavy atom. The number of rotatable bonds is 21. The van der Waals surface area contributed by atoms with Gasteiger partial charge in [0.2, 0.25) is 0 Å². The van der Waals surface area contributed by atoms with Crippen molar-refractivity contribution in [2.24, 2.45) is 0 Å². The molecule has 0 aliphatic rings. The van der Waals surface area contributed by atoms with Gasteiger partial charge in [0.25, 0.3) is 10.1 Å². The zero-order chi connectivity index (χ0) is 22.6. The van der Waals surface area contributed by atoms with Crippen LogP contribution in [0, 0.1) is 0 Å². The molecule has 0 heterocycles. The van der Waals surface area contributed by atoms with Crippen LogP contribution in [0.4, 0.5) is 0 Å². The number of hydrogen-bond donors (Lipinski definition) is 1. The van der Waals surface area contributed by atoms with Crippen molar-refractivity contribution in [1.29, 1.82) is 0 Å². The second kappa shape index (κ2) is 18.4. The van der Waals surface area contributed by atoms with Crippen LogP contribution in [0.1, 0.15) is 57.4 Å². The Kier molecular flexibility index (Phi) is 16.5. The van der Waals surface area contributed by atoms with E-state index in [1.807, 2.05) is 12.1 Å². The number of ether oxygens (including phenoxy) is 4. The highest BCUT2D eigenvalue weighted by molar-refractivity contribution is 7.85. The average molecular weight is 461 g/mol. The summed E-state index contributed by atoms with van der Waals surface area (Å²) in [6.45, 7) is 4.66. The summed E-state index contributed by atoms with van der Waals surface area (Å²) >= 11 is 0. The highest BCUT2D eigenvalue weighted by atomic mass is 32.2. The average Bonchev–Trinajstić information content (AvgIpc) is 2.74. The molecule has 0 saturated heterocycles. The third-order valence-electron chi connectivity index (χ3n) is 4.72. The Morgan fingerprint density at radius 1 is 0.710 bits per heavy atom. The molecule has 0 aliphatic heterocycles. The van der Waals surface area contributed by atoms with E-state index in [9.17, 15) is 8.42 Å². The second-order valence-corrected chi connectivity index (χ2v) is 9.06. The molecule has 1 aromatic carbocycles. The molecule has 1 N–H and O–H groups in total. The van der Waals surface area contributed by atoms with E-state index in [0.717, 1.165) is 12.2 Å². The molecule has 0 bridgehead atoms. The maximum atomic E-state index is 10.5. The van der Waals surface area contributed by atoms with Crippen LogP contribution >= 0.6 is 0 Å². The number of benzene rings is 1. The van der Waals surface area contributed by atoms with Crippen LogP contribution in [0.3, 0.4) is 0 Å². The van der Waals surface area contributed by atoms with Gasteiger partial charge < -0.3 is 18.9 Å². The summed E-state index contributed by atoms with van der Waals surface area (Å²) in [5, 5.41) is 0. The number of aryl methyl sites for hydroxylation is 1. The van der Waals surface area contributed by atoms with Gasteiger partial charge in [-0.1, -0.05) is 57.6 Å². The van der Waals surface area contributed by atoms with Crippen molar-refractivity contribution in [2.75, 3.05) is 52.0 Å². The number of unbranched alkanes of at least 4 members (excludes halogenated alkanes) is 6. The topological polar surface area (TPSA) is 91.3 Å². The summed E-state index contributed by atoms with van der Waals surface area (Å²) in [7, 11) is -3.96. The fraction of sp³-hybridized carbons (Fsp3) is 0.739. The van der Waals surface area contributed by atoms with E-state index in [1.165, 1.54) is 50.5 Å². The van der Waals surface area contributed by atoms with E-state index in [4.69, 9.17) is 23.5 Å². The van der Waals surface area contributed by atoms with Gasteiger partial charge in [-0.05, 0) is 30.5 Å². The number of hydrogen-bond acceptors (Lipinski definition) is 6. The minimum Gasteiger partial charge on any atom is -0.491 e. The molecule has 0 amide bonds. The van der Waals surface area contributed by atoms with Gasteiger partial charge in [-0.3, -0.25) is 4.55 Å². The SMILES string of the molecule is CCCCCCCCCc1ccc(OCCOCCOCCOCCS(=O)(=O)O)cc1. The van der Waals surface area contributed by atoms with E-state index in [1.54, 1.807) is 0 Å². The van der Waals surface area contributed by atoms with Crippen molar-refractivity contribution < 1.29 is 31.9 Å². The van der Waals surface area contributed by atoms with Crippen molar-refractivity contribution in [3.63, 3.8) is 0 Å². The molecule has 0 aliphatic carbocycles. The van der Waals surface area contributed by atoms with Gasteiger partial charge in [-0.25, -0.2) is 0 Å². The zero-order valence-electron chi connectivity index (χ0n) is 18.9. The fourth-order valence-corrected chi connectivity index (χ4v) is 3.29. The maximum absolute atomic E-state index is 10.5. The van der Waals surface area contributed by atoms with Crippen LogP contribution in [-0.2, 0) is 30.7 Å². The van der Waals surface area contributed by atoms with Gasteiger partial charge in [0.1, 0.15) is 12.4 Å². The normalized spacial score (nSPS) is 11.7. The Balaban J connectivity index is 1.91. The van der Waals surface area contributed by atoms with Gasteiger partial charge in [-0.2, -0.15) is 8.42 Å². The monoisotopic (exact) mass is 460 g/mol. The first kappa shape index (κ1) is 27.8. The first-order valence-corrected chi connectivity index (χ1v) is 13.0. The lowest BCUT2D eigenvalue weighted by Gasteiger charge is -2.09. The lowest BCUT2D eigenvalue weighted by molar-refractivity contribution is 0.0115. The van der Waals surface area contributed by atoms with Gasteiger partial charge >= 0.3 is 0 Å². The van der Waals surface area contributed by atoms with Crippen molar-refractivity contribution in [3.8, 4) is 5.75 Å². The largest absolute Gasteiger partial charge is 0.491 e. The standard InChI is InChI=1S/C23H40O7S/c1-2-3-4-5-6-7-8-9-22-10-12-23(13-11-22)30-19-18-28-15-14-27-16-17-29-20-21-31(24,25)26/h10-13H,2-9,14-21H2,1H3,(H,24,25,26). The van der Waals surface area contributed by atoms with E-state index in [0.29, 0.717) is 33.0 Å². The highest BCUT2D eigenvalue weighted by Gasteiger charge is 2.03. The molecule has 0 aromatic heterocycles. The van der Waals surface area contributed by atoms with Crippen molar-refractivity contribution in [1.82, 2.24) is 0 Å². The fourth-order valence-electron chi connectivity index (χ4n) is 2.96. The van der Waals surface area contributed by atoms with E-state index in [-0.39, 0.29) is 13.2 Å². The van der Waals surface area contributed by atoms with Crippen molar-refractivity contribution in [2.45, 2.75) is 58.3 Å². The lowest BCUT2D eigenvalue weighted by atomic mass is 10.0. The Morgan fingerprint density at radius 2 is 1.23 bits per heavy atom. The summed E-state index contributed by atoms with van der Waals surface area (Å²) in [5.74, 6) is 0.447. The van der Waals surface area contributed by atoms with Gasteiger partial charge in [-0.15, -0.1) is 0 Å². The molecular weight excluding hydrogens is 420 g/mol. The molecule has 0 atom stereocenters. The van der Waals surface area contributed by atoms with Gasteiger partial charge in [0, 0.05) is 0 Å². The van der Waals surface area contributed by atoms with Crippen LogP contribution in [0.5, 0.6) is 5.75 Å².